The molecule has 5 nitrogen and oxygen atoms in total. The fraction of sp³-hybridized carbons (Fsp3) is 0.625. The Morgan fingerprint density at radius 3 is 2.57 bits per heavy atom. The summed E-state index contributed by atoms with van der Waals surface area (Å²) in [5.74, 6) is 1.76. The Balaban J connectivity index is 1.63. The molecular weight excluding hydrogens is 268 g/mol. The lowest BCUT2D eigenvalue weighted by molar-refractivity contribution is 0.00848. The number of rotatable bonds is 8. The number of nitrogens with zero attached hydrogens (tertiary/aromatic N) is 1. The molecule has 1 N–H and O–H groups in total. The molecule has 118 valence electrons. The van der Waals surface area contributed by atoms with Gasteiger partial charge in [-0.15, -0.1) is 0 Å². The minimum Gasteiger partial charge on any atom is -0.494 e. The van der Waals surface area contributed by atoms with E-state index in [9.17, 15) is 0 Å². The Kier molecular flexibility index (Phi) is 6.79. The lowest BCUT2D eigenvalue weighted by atomic mass is 10.3. The van der Waals surface area contributed by atoms with Gasteiger partial charge < -0.3 is 24.4 Å². The van der Waals surface area contributed by atoms with Gasteiger partial charge in [0.2, 0.25) is 0 Å². The van der Waals surface area contributed by atoms with E-state index in [1.807, 2.05) is 31.2 Å². The van der Waals surface area contributed by atoms with Crippen molar-refractivity contribution >= 4 is 0 Å². The third-order valence-corrected chi connectivity index (χ3v) is 3.40. The second-order valence-electron chi connectivity index (χ2n) is 5.21. The van der Waals surface area contributed by atoms with Crippen LogP contribution in [-0.4, -0.2) is 64.1 Å². The standard InChI is InChI=1S/C16H26N2O3/c1-3-19-14-4-6-15(7-5-14)21-11-9-18(2)13-16-12-17-8-10-20-16/h4-7,16-17H,3,8-13H2,1-2H3. The van der Waals surface area contributed by atoms with Crippen LogP contribution in [0.2, 0.25) is 0 Å². The van der Waals surface area contributed by atoms with Crippen molar-refractivity contribution in [2.24, 2.45) is 0 Å². The maximum Gasteiger partial charge on any atom is 0.119 e. The zero-order valence-electron chi connectivity index (χ0n) is 13.0. The molecule has 21 heavy (non-hydrogen) atoms. The molecule has 1 heterocycles. The number of benzene rings is 1. The zero-order valence-corrected chi connectivity index (χ0v) is 13.0. The minimum atomic E-state index is 0.286. The molecule has 0 aromatic heterocycles. The van der Waals surface area contributed by atoms with Crippen LogP contribution in [0.25, 0.3) is 0 Å². The van der Waals surface area contributed by atoms with Gasteiger partial charge in [0.05, 0.1) is 19.3 Å². The van der Waals surface area contributed by atoms with Crippen LogP contribution in [0.3, 0.4) is 0 Å². The molecule has 5 heteroatoms. The Hall–Kier alpha value is -1.30. The zero-order chi connectivity index (χ0) is 14.9. The lowest BCUT2D eigenvalue weighted by Gasteiger charge is -2.27. The molecule has 1 atom stereocenters. The smallest absolute Gasteiger partial charge is 0.119 e. The van der Waals surface area contributed by atoms with Gasteiger partial charge in [0.1, 0.15) is 18.1 Å². The normalized spacial score (nSPS) is 18.7. The van der Waals surface area contributed by atoms with Gasteiger partial charge >= 0.3 is 0 Å². The largest absolute Gasteiger partial charge is 0.494 e. The molecule has 0 spiro atoms. The summed E-state index contributed by atoms with van der Waals surface area (Å²) in [5, 5.41) is 3.34. The van der Waals surface area contributed by atoms with Crippen LogP contribution in [0.1, 0.15) is 6.92 Å². The van der Waals surface area contributed by atoms with Crippen LogP contribution in [0.5, 0.6) is 11.5 Å². The summed E-state index contributed by atoms with van der Waals surface area (Å²) < 4.78 is 16.8. The number of hydrogen-bond donors (Lipinski definition) is 1. The van der Waals surface area contributed by atoms with Crippen molar-refractivity contribution in [1.29, 1.82) is 0 Å². The van der Waals surface area contributed by atoms with E-state index in [0.29, 0.717) is 13.2 Å². The summed E-state index contributed by atoms with van der Waals surface area (Å²) >= 11 is 0. The van der Waals surface area contributed by atoms with Gasteiger partial charge in [0, 0.05) is 26.2 Å². The van der Waals surface area contributed by atoms with Crippen LogP contribution in [0.4, 0.5) is 0 Å². The molecule has 0 radical (unpaired) electrons. The van der Waals surface area contributed by atoms with Crippen LogP contribution in [0, 0.1) is 0 Å². The molecule has 1 saturated heterocycles. The van der Waals surface area contributed by atoms with Crippen molar-refractivity contribution in [2.45, 2.75) is 13.0 Å². The first-order valence-corrected chi connectivity index (χ1v) is 7.64. The molecule has 0 bridgehead atoms. The average Bonchev–Trinajstić information content (AvgIpc) is 2.50. The van der Waals surface area contributed by atoms with E-state index in [-0.39, 0.29) is 6.10 Å². The highest BCUT2D eigenvalue weighted by molar-refractivity contribution is 5.31. The molecule has 1 unspecified atom stereocenters. The van der Waals surface area contributed by atoms with Gasteiger partial charge in [0.15, 0.2) is 0 Å². The van der Waals surface area contributed by atoms with Crippen molar-refractivity contribution in [3.8, 4) is 11.5 Å². The number of hydrogen-bond acceptors (Lipinski definition) is 5. The predicted octanol–water partition coefficient (Wildman–Crippen LogP) is 1.38. The SMILES string of the molecule is CCOc1ccc(OCCN(C)CC2CNCCO2)cc1. The Morgan fingerprint density at radius 1 is 1.24 bits per heavy atom. The monoisotopic (exact) mass is 294 g/mol. The van der Waals surface area contributed by atoms with Crippen molar-refractivity contribution in [3.05, 3.63) is 24.3 Å². The second-order valence-corrected chi connectivity index (χ2v) is 5.21. The van der Waals surface area contributed by atoms with Crippen molar-refractivity contribution < 1.29 is 14.2 Å². The summed E-state index contributed by atoms with van der Waals surface area (Å²) in [6.45, 7) is 7.85. The first kappa shape index (κ1) is 16.1. The van der Waals surface area contributed by atoms with Gasteiger partial charge in [-0.25, -0.2) is 0 Å². The first-order valence-electron chi connectivity index (χ1n) is 7.64. The fourth-order valence-electron chi connectivity index (χ4n) is 2.29. The van der Waals surface area contributed by atoms with Crippen LogP contribution in [0.15, 0.2) is 24.3 Å². The summed E-state index contributed by atoms with van der Waals surface area (Å²) in [6, 6.07) is 7.76. The Bertz CT molecular complexity index is 391. The molecule has 1 aliphatic rings. The van der Waals surface area contributed by atoms with E-state index in [1.54, 1.807) is 0 Å². The van der Waals surface area contributed by atoms with Crippen molar-refractivity contribution in [3.63, 3.8) is 0 Å². The van der Waals surface area contributed by atoms with Gasteiger partial charge in [0.25, 0.3) is 0 Å². The molecule has 2 rings (SSSR count). The summed E-state index contributed by atoms with van der Waals surface area (Å²) in [5.41, 5.74) is 0. The van der Waals surface area contributed by atoms with Crippen molar-refractivity contribution in [2.75, 3.05) is 53.0 Å². The fourth-order valence-corrected chi connectivity index (χ4v) is 2.29. The molecule has 1 aromatic carbocycles. The van der Waals surface area contributed by atoms with E-state index in [4.69, 9.17) is 14.2 Å². The lowest BCUT2D eigenvalue weighted by Crippen LogP contribution is -2.45. The predicted molar refractivity (Wildman–Crippen MR) is 83.2 cm³/mol. The van der Waals surface area contributed by atoms with Crippen LogP contribution >= 0.6 is 0 Å². The number of ether oxygens (including phenoxy) is 3. The molecule has 0 aliphatic carbocycles. The summed E-state index contributed by atoms with van der Waals surface area (Å²) in [7, 11) is 2.10. The maximum absolute atomic E-state index is 5.75. The topological polar surface area (TPSA) is 43.0 Å². The van der Waals surface area contributed by atoms with Crippen molar-refractivity contribution in [1.82, 2.24) is 10.2 Å². The highest BCUT2D eigenvalue weighted by Gasteiger charge is 2.15. The van der Waals surface area contributed by atoms with Gasteiger partial charge in [-0.3, -0.25) is 0 Å². The molecule has 1 fully saturated rings. The summed E-state index contributed by atoms with van der Waals surface area (Å²) in [6.07, 6.45) is 0.286. The maximum atomic E-state index is 5.75. The number of nitrogens with one attached hydrogen (secondary N) is 1. The summed E-state index contributed by atoms with van der Waals surface area (Å²) in [4.78, 5) is 2.24. The van der Waals surface area contributed by atoms with E-state index in [0.717, 1.165) is 44.3 Å². The molecule has 0 amide bonds. The molecule has 0 saturated carbocycles. The van der Waals surface area contributed by atoms with Gasteiger partial charge in [-0.2, -0.15) is 0 Å². The Labute approximate surface area is 127 Å². The van der Waals surface area contributed by atoms with E-state index in [1.165, 1.54) is 0 Å². The third kappa shape index (κ3) is 5.91. The quantitative estimate of drug-likeness (QED) is 0.785. The Morgan fingerprint density at radius 2 is 1.95 bits per heavy atom. The minimum absolute atomic E-state index is 0.286. The number of likely N-dealkylation sites (N-methyl/N-ethyl adjacent to an activating group) is 1. The molecule has 1 aliphatic heterocycles. The third-order valence-electron chi connectivity index (χ3n) is 3.40. The van der Waals surface area contributed by atoms with Gasteiger partial charge in [-0.05, 0) is 38.2 Å². The van der Waals surface area contributed by atoms with Crippen LogP contribution < -0.4 is 14.8 Å². The van der Waals surface area contributed by atoms with E-state index >= 15 is 0 Å². The van der Waals surface area contributed by atoms with E-state index in [2.05, 4.69) is 17.3 Å². The molecular formula is C16H26N2O3. The highest BCUT2D eigenvalue weighted by atomic mass is 16.5. The highest BCUT2D eigenvalue weighted by Crippen LogP contribution is 2.17. The first-order chi connectivity index (χ1) is 10.3. The average molecular weight is 294 g/mol. The van der Waals surface area contributed by atoms with Crippen LogP contribution in [-0.2, 0) is 4.74 Å². The molecule has 1 aromatic rings. The second kappa shape index (κ2) is 8.87. The number of morpholine rings is 1. The van der Waals surface area contributed by atoms with Gasteiger partial charge in [-0.1, -0.05) is 0 Å². The van der Waals surface area contributed by atoms with E-state index < -0.39 is 0 Å².